The van der Waals surface area contributed by atoms with E-state index in [-0.39, 0.29) is 29.7 Å². The molecule has 2 aliphatic heterocycles. The summed E-state index contributed by atoms with van der Waals surface area (Å²) in [5, 5.41) is 3.36. The molecule has 1 aromatic heterocycles. The molecule has 0 aromatic carbocycles. The third kappa shape index (κ3) is 4.52. The second-order valence-electron chi connectivity index (χ2n) is 7.52. The highest BCUT2D eigenvalue weighted by molar-refractivity contribution is 14.0. The summed E-state index contributed by atoms with van der Waals surface area (Å²) in [6.07, 6.45) is 6.55. The van der Waals surface area contributed by atoms with Crippen LogP contribution in [0.2, 0.25) is 0 Å². The quantitative estimate of drug-likeness (QED) is 0.391. The van der Waals surface area contributed by atoms with E-state index in [2.05, 4.69) is 21.1 Å². The van der Waals surface area contributed by atoms with Crippen LogP contribution < -0.4 is 5.32 Å². The first kappa shape index (κ1) is 21.5. The Labute approximate surface area is 173 Å². The molecule has 3 heterocycles. The van der Waals surface area contributed by atoms with Crippen molar-refractivity contribution in [1.29, 1.82) is 0 Å². The van der Waals surface area contributed by atoms with Crippen LogP contribution in [0, 0.1) is 0 Å². The normalized spacial score (nSPS) is 21.7. The molecule has 9 heteroatoms. The lowest BCUT2D eigenvalue weighted by molar-refractivity contribution is 0.353. The molecule has 0 amide bonds. The van der Waals surface area contributed by atoms with Crippen molar-refractivity contribution in [3.8, 4) is 0 Å². The van der Waals surface area contributed by atoms with Gasteiger partial charge in [-0.15, -0.1) is 24.0 Å². The maximum Gasteiger partial charge on any atom is 0.193 e. The van der Waals surface area contributed by atoms with Crippen LogP contribution in [0.3, 0.4) is 0 Å². The molecular formula is C17H30IN5O2S. The number of fused-ring (bicyclic) bond motifs is 1. The number of guanidine groups is 1. The van der Waals surface area contributed by atoms with E-state index < -0.39 is 14.6 Å². The first-order chi connectivity index (χ1) is 11.8. The summed E-state index contributed by atoms with van der Waals surface area (Å²) in [4.78, 5) is 11.1. The van der Waals surface area contributed by atoms with Crippen molar-refractivity contribution in [2.24, 2.45) is 4.99 Å². The van der Waals surface area contributed by atoms with Crippen molar-refractivity contribution in [1.82, 2.24) is 19.8 Å². The van der Waals surface area contributed by atoms with Crippen molar-refractivity contribution in [3.05, 3.63) is 17.7 Å². The Hall–Kier alpha value is -0.840. The molecule has 0 atom stereocenters. The molecule has 1 aromatic rings. The van der Waals surface area contributed by atoms with Gasteiger partial charge in [0.25, 0.3) is 0 Å². The number of nitrogens with zero attached hydrogens (tertiary/aromatic N) is 4. The zero-order valence-corrected chi connectivity index (χ0v) is 19.0. The van der Waals surface area contributed by atoms with Gasteiger partial charge in [-0.05, 0) is 26.7 Å². The minimum Gasteiger partial charge on any atom is -0.356 e. The number of aliphatic imine (C=N–C) groups is 1. The number of hydrogen-bond acceptors (Lipinski definition) is 4. The number of rotatable bonds is 3. The molecule has 1 fully saturated rings. The van der Waals surface area contributed by atoms with Crippen LogP contribution in [0.4, 0.5) is 0 Å². The van der Waals surface area contributed by atoms with Gasteiger partial charge in [-0.3, -0.25) is 4.99 Å². The van der Waals surface area contributed by atoms with E-state index >= 15 is 0 Å². The molecule has 1 N–H and O–H groups in total. The maximum absolute atomic E-state index is 12.2. The van der Waals surface area contributed by atoms with Gasteiger partial charge in [0.15, 0.2) is 15.8 Å². The fourth-order valence-electron chi connectivity index (χ4n) is 3.55. The Kier molecular flexibility index (Phi) is 6.98. The number of halogens is 1. The zero-order valence-electron chi connectivity index (χ0n) is 15.9. The lowest BCUT2D eigenvalue weighted by Crippen LogP contribution is -2.57. The molecule has 2 aliphatic rings. The van der Waals surface area contributed by atoms with Gasteiger partial charge in [0.2, 0.25) is 0 Å². The van der Waals surface area contributed by atoms with Crippen LogP contribution in [-0.4, -0.2) is 66.0 Å². The predicted molar refractivity (Wildman–Crippen MR) is 115 cm³/mol. The summed E-state index contributed by atoms with van der Waals surface area (Å²) < 4.78 is 25.8. The van der Waals surface area contributed by atoms with E-state index in [1.807, 2.05) is 4.90 Å². The monoisotopic (exact) mass is 495 g/mol. The van der Waals surface area contributed by atoms with E-state index in [0.29, 0.717) is 13.1 Å². The molecule has 7 nitrogen and oxygen atoms in total. The predicted octanol–water partition coefficient (Wildman–Crippen LogP) is 1.46. The molecule has 26 heavy (non-hydrogen) atoms. The van der Waals surface area contributed by atoms with Gasteiger partial charge in [-0.2, -0.15) is 0 Å². The van der Waals surface area contributed by atoms with Crippen LogP contribution in [0.1, 0.15) is 38.2 Å². The largest absolute Gasteiger partial charge is 0.356 e. The number of nitrogens with one attached hydrogen (secondary N) is 1. The summed E-state index contributed by atoms with van der Waals surface area (Å²) >= 11 is 0. The van der Waals surface area contributed by atoms with Gasteiger partial charge in [-0.1, -0.05) is 0 Å². The summed E-state index contributed by atoms with van der Waals surface area (Å²) in [6.45, 7) is 6.36. The molecule has 148 valence electrons. The van der Waals surface area contributed by atoms with Gasteiger partial charge >= 0.3 is 0 Å². The highest BCUT2D eigenvalue weighted by atomic mass is 127. The minimum atomic E-state index is -3.04. The van der Waals surface area contributed by atoms with Crippen LogP contribution in [0.25, 0.3) is 0 Å². The molecule has 1 saturated heterocycles. The number of aromatic nitrogens is 2. The van der Waals surface area contributed by atoms with Gasteiger partial charge in [0.1, 0.15) is 5.82 Å². The van der Waals surface area contributed by atoms with Crippen LogP contribution in [0.15, 0.2) is 11.2 Å². The molecule has 0 spiro atoms. The van der Waals surface area contributed by atoms with E-state index in [4.69, 9.17) is 4.98 Å². The number of hydrogen-bond donors (Lipinski definition) is 1. The summed E-state index contributed by atoms with van der Waals surface area (Å²) in [7, 11) is -1.29. The Morgan fingerprint density at radius 1 is 1.35 bits per heavy atom. The minimum absolute atomic E-state index is 0. The number of aryl methyl sites for hydroxylation is 2. The zero-order chi connectivity index (χ0) is 18.1. The van der Waals surface area contributed by atoms with E-state index in [1.54, 1.807) is 20.9 Å². The Balaban J connectivity index is 0.00000243. The first-order valence-electron chi connectivity index (χ1n) is 9.05. The summed E-state index contributed by atoms with van der Waals surface area (Å²) in [6, 6.07) is 0. The van der Waals surface area contributed by atoms with Crippen molar-refractivity contribution in [2.45, 2.75) is 50.8 Å². The fourth-order valence-corrected chi connectivity index (χ4v) is 4.92. The molecule has 0 aliphatic carbocycles. The third-order valence-electron chi connectivity index (χ3n) is 5.18. The second-order valence-corrected chi connectivity index (χ2v) is 10.3. The topological polar surface area (TPSA) is 79.6 Å². The van der Waals surface area contributed by atoms with Gasteiger partial charge in [0, 0.05) is 52.3 Å². The first-order valence-corrected chi connectivity index (χ1v) is 10.7. The summed E-state index contributed by atoms with van der Waals surface area (Å²) in [5.41, 5.74) is 1.11. The SMILES string of the molecule is CN=C(NCCc1cn2c(n1)CCCC2)N1CCS(=O)(=O)C(C)(C)C1.I. The molecule has 0 saturated carbocycles. The van der Waals surface area contributed by atoms with Crippen LogP contribution in [-0.2, 0) is 29.2 Å². The standard InChI is InChI=1S/C17H29N5O2S.HI/c1-17(2)13-22(10-11-25(17,23)24)16(18-3)19-8-7-14-12-21-9-5-4-6-15(21)20-14;/h12H,4-11,13H2,1-3H3,(H,18,19);1H. The number of sulfone groups is 1. The highest BCUT2D eigenvalue weighted by Gasteiger charge is 2.40. The average Bonchev–Trinajstić information content (AvgIpc) is 2.97. The molecule has 0 bridgehead atoms. The van der Waals surface area contributed by atoms with Gasteiger partial charge < -0.3 is 14.8 Å². The third-order valence-corrected chi connectivity index (χ3v) is 7.71. The molecule has 0 unspecified atom stereocenters. The Morgan fingerprint density at radius 3 is 2.77 bits per heavy atom. The molecule has 3 rings (SSSR count). The lowest BCUT2D eigenvalue weighted by atomic mass is 10.2. The second kappa shape index (κ2) is 8.45. The van der Waals surface area contributed by atoms with Gasteiger partial charge in [0.05, 0.1) is 16.2 Å². The van der Waals surface area contributed by atoms with Crippen molar-refractivity contribution in [3.63, 3.8) is 0 Å². The fraction of sp³-hybridized carbons (Fsp3) is 0.765. The van der Waals surface area contributed by atoms with E-state index in [9.17, 15) is 8.42 Å². The lowest BCUT2D eigenvalue weighted by Gasteiger charge is -2.39. The van der Waals surface area contributed by atoms with E-state index in [1.165, 1.54) is 18.7 Å². The Bertz CT molecular complexity index is 734. The van der Waals surface area contributed by atoms with Crippen molar-refractivity contribution >= 4 is 39.8 Å². The number of imidazole rings is 1. The van der Waals surface area contributed by atoms with Gasteiger partial charge in [-0.25, -0.2) is 13.4 Å². The van der Waals surface area contributed by atoms with Crippen LogP contribution in [0.5, 0.6) is 0 Å². The summed E-state index contributed by atoms with van der Waals surface area (Å²) in [5.74, 6) is 2.15. The van der Waals surface area contributed by atoms with Crippen LogP contribution >= 0.6 is 24.0 Å². The Morgan fingerprint density at radius 2 is 2.12 bits per heavy atom. The smallest absolute Gasteiger partial charge is 0.193 e. The molecular weight excluding hydrogens is 465 g/mol. The average molecular weight is 495 g/mol. The maximum atomic E-state index is 12.2. The highest BCUT2D eigenvalue weighted by Crippen LogP contribution is 2.23. The van der Waals surface area contributed by atoms with Crippen molar-refractivity contribution < 1.29 is 8.42 Å². The molecule has 0 radical (unpaired) electrons. The van der Waals surface area contributed by atoms with E-state index in [0.717, 1.165) is 37.6 Å². The van der Waals surface area contributed by atoms with Crippen molar-refractivity contribution in [2.75, 3.05) is 32.4 Å².